The van der Waals surface area contributed by atoms with Crippen LogP contribution in [-0.2, 0) is 22.8 Å². The van der Waals surface area contributed by atoms with Gasteiger partial charge in [0.1, 0.15) is 17.2 Å². The minimum absolute atomic E-state index is 0.578. The van der Waals surface area contributed by atoms with E-state index >= 15 is 0 Å². The van der Waals surface area contributed by atoms with Crippen LogP contribution < -0.4 is 59.4 Å². The molecule has 0 heterocycles. The number of benzene rings is 5. The van der Waals surface area contributed by atoms with E-state index in [0.29, 0.717) is 56.5 Å². The molecule has 0 saturated carbocycles. The first-order valence-electron chi connectivity index (χ1n) is 23.8. The molecule has 5 aromatic carbocycles. The molecule has 25 heteroatoms. The summed E-state index contributed by atoms with van der Waals surface area (Å²) in [5.74, 6) is 1.79. The van der Waals surface area contributed by atoms with E-state index in [1.54, 1.807) is 88.0 Å². The number of hydrogen-bond donors (Lipinski definition) is 9. The predicted molar refractivity (Wildman–Crippen MR) is 309 cm³/mol. The summed E-state index contributed by atoms with van der Waals surface area (Å²) < 4.78 is 80.2. The van der Waals surface area contributed by atoms with Crippen molar-refractivity contribution in [2.45, 2.75) is 46.4 Å². The molecule has 19 nitrogen and oxygen atoms in total. The molecule has 0 radical (unpaired) electrons. The van der Waals surface area contributed by atoms with E-state index in [0.717, 1.165) is 10.6 Å². The smallest absolute Gasteiger partial charge is 0.394 e. The molecule has 0 fully saturated rings. The van der Waals surface area contributed by atoms with Gasteiger partial charge in [0.15, 0.2) is 0 Å². The Hall–Kier alpha value is -3.60. The molecule has 0 aliphatic carbocycles. The van der Waals surface area contributed by atoms with Crippen LogP contribution in [0.1, 0.15) is 41.5 Å². The van der Waals surface area contributed by atoms with Crippen molar-refractivity contribution < 1.29 is 36.4 Å². The zero-order valence-electron chi connectivity index (χ0n) is 44.5. The normalized spacial score (nSPS) is 11.5. The van der Waals surface area contributed by atoms with Crippen molar-refractivity contribution >= 4 is 54.3 Å². The van der Waals surface area contributed by atoms with Crippen molar-refractivity contribution in [3.63, 3.8) is 0 Å². The van der Waals surface area contributed by atoms with E-state index in [4.69, 9.17) is 13.6 Å². The van der Waals surface area contributed by atoms with Crippen LogP contribution in [0.2, 0.25) is 0 Å². The zero-order valence-corrected chi connectivity index (χ0v) is 49.8. The summed E-state index contributed by atoms with van der Waals surface area (Å²) in [6.45, 7) is 12.9. The molecule has 5 aromatic rings. The van der Waals surface area contributed by atoms with Crippen LogP contribution in [0.15, 0.2) is 157 Å². The SMILES string of the molecule is CCNP(=O)(NCC)Nc1ccccc1.CCNP(=O)(NCC)Oc1ccccc1.CCNP(=O)(NCC)Sc1ccccc1.CN(C)P(=O)(Oc1ccccc1)N(C)C.CNP(=O)(NC)Oc1ccccc1. The van der Waals surface area contributed by atoms with E-state index in [-0.39, 0.29) is 0 Å². The van der Waals surface area contributed by atoms with Crippen LogP contribution in [0.3, 0.4) is 0 Å². The maximum absolute atomic E-state index is 12.4. The average molecular weight is 1130 g/mol. The van der Waals surface area contributed by atoms with Gasteiger partial charge in [0, 0.05) is 49.9 Å². The van der Waals surface area contributed by atoms with Gasteiger partial charge in [-0.25, -0.2) is 63.7 Å². The molecule has 0 aliphatic rings. The van der Waals surface area contributed by atoms with Gasteiger partial charge in [0.25, 0.3) is 6.65 Å². The monoisotopic (exact) mass is 1130 g/mol. The molecule has 5 rings (SSSR count). The summed E-state index contributed by atoms with van der Waals surface area (Å²) in [5, 5.41) is 25.8. The topological polar surface area (TPSA) is 228 Å². The standard InChI is InChI=1S/C10H18N3OP.2C10H17N2O2P.C10H17N2OPS.C8H13N2O2P/c1-3-11-15(14,12-4-2)13-10-8-6-5-7-9-10;1-11(2)15(13,12(3)4)14-10-8-6-5-7-9-10;1-3-11-15(13,12-4-2)14-10-8-6-5-7-9-10;1-3-11-14(13,12-4-2)15-10-8-6-5-7-9-10;1-9-13(11,10-2)12-8-6-4-3-5-7-8/h5-9H,3-4H2,1-2H3,(H3,11,12,13,14);5-9H,1-4H3;2*5-9H,3-4H2,1-2H3,(H2,11,12,13);3-7H,1-2H3,(H2,9,10,11). The highest BCUT2D eigenvalue weighted by Gasteiger charge is 2.31. The molecule has 9 N–H and O–H groups in total. The number of para-hydroxylation sites is 4. The van der Waals surface area contributed by atoms with Crippen molar-refractivity contribution in [1.82, 2.24) is 50.0 Å². The zero-order chi connectivity index (χ0) is 54.7. The summed E-state index contributed by atoms with van der Waals surface area (Å²) in [5.41, 5.74) is 0.850. The second-order valence-electron chi connectivity index (χ2n) is 15.1. The molecule has 0 aromatic heterocycles. The minimum atomic E-state index is -2.94. The second-order valence-corrected chi connectivity index (χ2v) is 28.5. The largest absolute Gasteiger partial charge is 0.422 e. The van der Waals surface area contributed by atoms with E-state index in [1.165, 1.54) is 11.4 Å². The van der Waals surface area contributed by atoms with Crippen LogP contribution in [0.5, 0.6) is 17.2 Å². The Morgan fingerprint density at radius 1 is 0.411 bits per heavy atom. The molecular weight excluding hydrogens is 1050 g/mol. The lowest BCUT2D eigenvalue weighted by Crippen LogP contribution is -2.26. The first-order chi connectivity index (χ1) is 34.8. The van der Waals surface area contributed by atoms with Crippen molar-refractivity contribution in [3.05, 3.63) is 152 Å². The summed E-state index contributed by atoms with van der Waals surface area (Å²) in [7, 11) is -1.33. The lowest BCUT2D eigenvalue weighted by atomic mass is 10.3. The number of hydrogen-bond acceptors (Lipinski definition) is 9. The van der Waals surface area contributed by atoms with Gasteiger partial charge in [-0.05, 0) is 114 Å². The highest BCUT2D eigenvalue weighted by Crippen LogP contribution is 2.54. The van der Waals surface area contributed by atoms with Gasteiger partial charge in [-0.3, -0.25) is 9.13 Å². The van der Waals surface area contributed by atoms with Gasteiger partial charge < -0.3 is 18.7 Å². The number of rotatable bonds is 26. The fraction of sp³-hybridized carbons (Fsp3) is 0.375. The van der Waals surface area contributed by atoms with Crippen LogP contribution in [0.25, 0.3) is 0 Å². The van der Waals surface area contributed by atoms with Gasteiger partial charge in [0.05, 0.1) is 0 Å². The third kappa shape index (κ3) is 28.2. The molecule has 73 heavy (non-hydrogen) atoms. The Morgan fingerprint density at radius 3 is 1.05 bits per heavy atom. The Balaban J connectivity index is 0.000000457. The molecule has 0 spiro atoms. The van der Waals surface area contributed by atoms with Crippen molar-refractivity contribution in [3.8, 4) is 17.2 Å². The second kappa shape index (κ2) is 37.2. The molecular formula is C48H82N11O8P5S. The Kier molecular flexibility index (Phi) is 34.3. The molecule has 0 unspecified atom stereocenters. The van der Waals surface area contributed by atoms with Gasteiger partial charge in [-0.1, -0.05) is 133 Å². The molecule has 408 valence electrons. The van der Waals surface area contributed by atoms with Gasteiger partial charge in [-0.15, -0.1) is 0 Å². The highest BCUT2D eigenvalue weighted by molar-refractivity contribution is 8.56. The van der Waals surface area contributed by atoms with E-state index in [2.05, 4.69) is 45.8 Å². The lowest BCUT2D eigenvalue weighted by Gasteiger charge is -2.29. The molecule has 0 bridgehead atoms. The Bertz CT molecular complexity index is 2220. The quantitative estimate of drug-likeness (QED) is 0.0235. The minimum Gasteiger partial charge on any atom is -0.422 e. The van der Waals surface area contributed by atoms with Crippen LogP contribution in [0.4, 0.5) is 5.69 Å². The summed E-state index contributed by atoms with van der Waals surface area (Å²) in [6.07, 6.45) is 0. The van der Waals surface area contributed by atoms with Gasteiger partial charge in [-0.2, -0.15) is 0 Å². The Labute approximate surface area is 440 Å². The maximum atomic E-state index is 12.4. The number of nitrogens with one attached hydrogen (secondary N) is 9. The average Bonchev–Trinajstić information content (AvgIpc) is 3.36. The lowest BCUT2D eigenvalue weighted by molar-refractivity contribution is 0.354. The van der Waals surface area contributed by atoms with Crippen LogP contribution >= 0.6 is 48.6 Å². The summed E-state index contributed by atoms with van der Waals surface area (Å²) in [6, 6.07) is 46.6. The third-order valence-corrected chi connectivity index (χ3v) is 21.3. The summed E-state index contributed by atoms with van der Waals surface area (Å²) in [4.78, 5) is 1.02. The molecule has 0 atom stereocenters. The van der Waals surface area contributed by atoms with Crippen LogP contribution in [-0.4, -0.2) is 90.9 Å². The Morgan fingerprint density at radius 2 is 0.726 bits per heavy atom. The van der Waals surface area contributed by atoms with E-state index in [9.17, 15) is 22.8 Å². The molecule has 0 amide bonds. The van der Waals surface area contributed by atoms with Crippen molar-refractivity contribution in [1.29, 1.82) is 0 Å². The fourth-order valence-electron chi connectivity index (χ4n) is 5.58. The van der Waals surface area contributed by atoms with Crippen LogP contribution in [0, 0.1) is 0 Å². The highest BCUT2D eigenvalue weighted by atomic mass is 32.7. The maximum Gasteiger partial charge on any atom is 0.394 e. The third-order valence-electron chi connectivity index (χ3n) is 8.79. The first-order valence-corrected chi connectivity index (χ1v) is 33.4. The van der Waals surface area contributed by atoms with Gasteiger partial charge in [0.2, 0.25) is 0 Å². The van der Waals surface area contributed by atoms with Crippen molar-refractivity contribution in [2.24, 2.45) is 0 Å². The molecule has 0 saturated heterocycles. The fourth-order valence-corrected chi connectivity index (χ4v) is 15.1. The van der Waals surface area contributed by atoms with E-state index in [1.807, 2.05) is 157 Å². The van der Waals surface area contributed by atoms with Gasteiger partial charge >= 0.3 is 30.6 Å². The predicted octanol–water partition coefficient (Wildman–Crippen LogP) is 11.8. The number of anilines is 1. The van der Waals surface area contributed by atoms with E-state index < -0.39 is 37.3 Å². The number of nitrogens with zero attached hydrogens (tertiary/aromatic N) is 2. The molecule has 0 aliphatic heterocycles. The van der Waals surface area contributed by atoms with Crippen molar-refractivity contribution in [2.75, 3.05) is 86.6 Å². The first kappa shape index (κ1) is 67.4. The summed E-state index contributed by atoms with van der Waals surface area (Å²) >= 11 is 1.37.